The number of hydrogen-bond acceptors (Lipinski definition) is 2. The fourth-order valence-corrected chi connectivity index (χ4v) is 1.69. The maximum absolute atomic E-state index is 10.7. The van der Waals surface area contributed by atoms with Crippen molar-refractivity contribution >= 4 is 11.7 Å². The van der Waals surface area contributed by atoms with Crippen LogP contribution >= 0.6 is 0 Å². The molecule has 0 saturated carbocycles. The summed E-state index contributed by atoms with van der Waals surface area (Å²) in [5.41, 5.74) is 4.47. The van der Waals surface area contributed by atoms with E-state index in [1.54, 1.807) is 6.92 Å². The third-order valence-electron chi connectivity index (χ3n) is 2.68. The minimum absolute atomic E-state index is 0.333. The number of hydrogen-bond donors (Lipinski definition) is 1. The third-order valence-corrected chi connectivity index (χ3v) is 2.68. The Hall–Kier alpha value is -0.860. The lowest BCUT2D eigenvalue weighted by molar-refractivity contribution is -0.117. The van der Waals surface area contributed by atoms with Crippen LogP contribution in [0.25, 0.3) is 0 Å². The van der Waals surface area contributed by atoms with E-state index in [4.69, 9.17) is 0 Å². The summed E-state index contributed by atoms with van der Waals surface area (Å²) in [6.45, 7) is 7.49. The summed E-state index contributed by atoms with van der Waals surface area (Å²) >= 11 is 0. The Kier molecular flexibility index (Phi) is 14.4. The molecule has 0 aliphatic carbocycles. The summed E-state index contributed by atoms with van der Waals surface area (Å²) < 4.78 is 0. The van der Waals surface area contributed by atoms with Gasteiger partial charge in [0, 0.05) is 13.3 Å². The van der Waals surface area contributed by atoms with Crippen molar-refractivity contribution in [2.45, 2.75) is 72.6 Å². The number of amides is 1. The van der Waals surface area contributed by atoms with Crippen molar-refractivity contribution in [1.29, 1.82) is 0 Å². The smallest absolute Gasteiger partial charge is 0.214 e. The highest BCUT2D eigenvalue weighted by Crippen LogP contribution is 2.19. The van der Waals surface area contributed by atoms with E-state index in [0.717, 1.165) is 18.8 Å². The van der Waals surface area contributed by atoms with Crippen LogP contribution in [0, 0.1) is 5.92 Å². The highest BCUT2D eigenvalue weighted by atomic mass is 16.1. The van der Waals surface area contributed by atoms with Crippen LogP contribution in [0.1, 0.15) is 72.6 Å². The fraction of sp³-hybridized carbons (Fsp3) is 0.857. The molecule has 0 aliphatic heterocycles. The fourth-order valence-electron chi connectivity index (χ4n) is 1.69. The molecule has 17 heavy (non-hydrogen) atoms. The van der Waals surface area contributed by atoms with Gasteiger partial charge in [-0.2, -0.15) is 0 Å². The number of unbranched alkanes of at least 4 members (excludes halogenated alkanes) is 1. The molecule has 2 N–H and O–H groups in total. The molecule has 0 aromatic rings. The van der Waals surface area contributed by atoms with Gasteiger partial charge in [-0.25, -0.2) is 0 Å². The predicted molar refractivity (Wildman–Crippen MR) is 72.7 cm³/mol. The van der Waals surface area contributed by atoms with Gasteiger partial charge >= 0.3 is 0 Å². The van der Waals surface area contributed by atoms with E-state index >= 15 is 0 Å². The van der Waals surface area contributed by atoms with Crippen LogP contribution < -0.4 is 5.73 Å². The molecular formula is C14H29NO2. The minimum Gasteiger partial charge on any atom is -0.370 e. The second-order valence-corrected chi connectivity index (χ2v) is 4.62. The maximum Gasteiger partial charge on any atom is 0.214 e. The summed E-state index contributed by atoms with van der Waals surface area (Å²) in [6.07, 6.45) is 8.39. The molecule has 0 aromatic carbocycles. The van der Waals surface area contributed by atoms with Gasteiger partial charge in [0.2, 0.25) is 5.91 Å². The van der Waals surface area contributed by atoms with Gasteiger partial charge in [0.1, 0.15) is 5.78 Å². The quantitative estimate of drug-likeness (QED) is 0.709. The first-order valence-electron chi connectivity index (χ1n) is 6.69. The highest BCUT2D eigenvalue weighted by molar-refractivity contribution is 5.75. The molecule has 0 aromatic heterocycles. The molecule has 0 saturated heterocycles. The topological polar surface area (TPSA) is 60.2 Å². The van der Waals surface area contributed by atoms with Crippen molar-refractivity contribution in [3.63, 3.8) is 0 Å². The normalized spacial score (nSPS) is 11.3. The SMILES string of the molecule is CC(N)=O.CCCCC(CC)CCCC(C)=O. The monoisotopic (exact) mass is 243 g/mol. The first kappa shape index (κ1) is 18.5. The van der Waals surface area contributed by atoms with Gasteiger partial charge in [-0.05, 0) is 19.3 Å². The zero-order valence-corrected chi connectivity index (χ0v) is 11.9. The van der Waals surface area contributed by atoms with Crippen LogP contribution in [0.15, 0.2) is 0 Å². The molecule has 0 spiro atoms. The predicted octanol–water partition coefficient (Wildman–Crippen LogP) is 3.45. The van der Waals surface area contributed by atoms with Gasteiger partial charge < -0.3 is 10.5 Å². The van der Waals surface area contributed by atoms with Crippen molar-refractivity contribution in [2.24, 2.45) is 11.7 Å². The van der Waals surface area contributed by atoms with E-state index < -0.39 is 0 Å². The lowest BCUT2D eigenvalue weighted by Gasteiger charge is -2.13. The number of primary amides is 1. The van der Waals surface area contributed by atoms with Crippen molar-refractivity contribution in [1.82, 2.24) is 0 Å². The van der Waals surface area contributed by atoms with Crippen LogP contribution in [-0.2, 0) is 9.59 Å². The van der Waals surface area contributed by atoms with Gasteiger partial charge in [-0.1, -0.05) is 46.0 Å². The number of carbonyl (C=O) groups is 2. The average molecular weight is 243 g/mol. The molecule has 0 aliphatic rings. The molecule has 0 bridgehead atoms. The summed E-state index contributed by atoms with van der Waals surface area (Å²) in [4.78, 5) is 19.9. The van der Waals surface area contributed by atoms with Gasteiger partial charge in [-0.15, -0.1) is 0 Å². The van der Waals surface area contributed by atoms with Crippen LogP contribution in [-0.4, -0.2) is 11.7 Å². The Morgan fingerprint density at radius 3 is 1.88 bits per heavy atom. The van der Waals surface area contributed by atoms with E-state index in [1.165, 1.54) is 39.0 Å². The minimum atomic E-state index is -0.333. The zero-order valence-electron chi connectivity index (χ0n) is 11.9. The Morgan fingerprint density at radius 2 is 1.53 bits per heavy atom. The van der Waals surface area contributed by atoms with Gasteiger partial charge in [-0.3, -0.25) is 4.79 Å². The van der Waals surface area contributed by atoms with Crippen molar-refractivity contribution in [3.8, 4) is 0 Å². The molecule has 102 valence electrons. The Bertz CT molecular complexity index is 198. The number of rotatable bonds is 8. The van der Waals surface area contributed by atoms with E-state index in [2.05, 4.69) is 19.6 Å². The maximum atomic E-state index is 10.7. The molecule has 1 atom stereocenters. The Morgan fingerprint density at radius 1 is 1.06 bits per heavy atom. The molecule has 3 heteroatoms. The summed E-state index contributed by atoms with van der Waals surface area (Å²) in [5.74, 6) is 0.865. The molecule has 1 unspecified atom stereocenters. The third kappa shape index (κ3) is 21.1. The molecular weight excluding hydrogens is 214 g/mol. The number of nitrogens with two attached hydrogens (primary N) is 1. The van der Waals surface area contributed by atoms with Crippen molar-refractivity contribution in [3.05, 3.63) is 0 Å². The first-order chi connectivity index (χ1) is 7.93. The average Bonchev–Trinajstić information content (AvgIpc) is 2.21. The number of carbonyl (C=O) groups excluding carboxylic acids is 2. The lowest BCUT2D eigenvalue weighted by atomic mass is 9.93. The second-order valence-electron chi connectivity index (χ2n) is 4.62. The highest BCUT2D eigenvalue weighted by Gasteiger charge is 2.05. The van der Waals surface area contributed by atoms with E-state index in [0.29, 0.717) is 5.78 Å². The largest absolute Gasteiger partial charge is 0.370 e. The standard InChI is InChI=1S/C12H24O.C2H5NO/c1-4-6-9-12(5-2)10-7-8-11(3)13;1-2(3)4/h12H,4-10H2,1-3H3;1H3,(H2,3,4). The molecule has 0 rings (SSSR count). The van der Waals surface area contributed by atoms with Gasteiger partial charge in [0.25, 0.3) is 0 Å². The van der Waals surface area contributed by atoms with Crippen molar-refractivity contribution in [2.75, 3.05) is 0 Å². The molecule has 3 nitrogen and oxygen atoms in total. The summed E-state index contributed by atoms with van der Waals surface area (Å²) in [5, 5.41) is 0. The lowest BCUT2D eigenvalue weighted by Crippen LogP contribution is -2.01. The van der Waals surface area contributed by atoms with E-state index in [1.807, 2.05) is 0 Å². The molecule has 0 fully saturated rings. The summed E-state index contributed by atoms with van der Waals surface area (Å²) in [7, 11) is 0. The zero-order chi connectivity index (χ0) is 13.7. The van der Waals surface area contributed by atoms with Crippen LogP contribution in [0.5, 0.6) is 0 Å². The van der Waals surface area contributed by atoms with Gasteiger partial charge in [0.05, 0.1) is 0 Å². The van der Waals surface area contributed by atoms with Crippen LogP contribution in [0.4, 0.5) is 0 Å². The molecule has 1 amide bonds. The van der Waals surface area contributed by atoms with Crippen LogP contribution in [0.3, 0.4) is 0 Å². The first-order valence-corrected chi connectivity index (χ1v) is 6.69. The Labute approximate surface area is 106 Å². The number of Topliss-reactive ketones (excluding diaryl/α,β-unsaturated/α-hetero) is 1. The van der Waals surface area contributed by atoms with Crippen molar-refractivity contribution < 1.29 is 9.59 Å². The summed E-state index contributed by atoms with van der Waals surface area (Å²) in [6, 6.07) is 0. The molecule has 0 heterocycles. The Balaban J connectivity index is 0. The number of ketones is 1. The van der Waals surface area contributed by atoms with E-state index in [-0.39, 0.29) is 5.91 Å². The van der Waals surface area contributed by atoms with Crippen LogP contribution in [0.2, 0.25) is 0 Å². The molecule has 0 radical (unpaired) electrons. The second kappa shape index (κ2) is 13.2. The van der Waals surface area contributed by atoms with E-state index in [9.17, 15) is 9.59 Å². The van der Waals surface area contributed by atoms with Gasteiger partial charge in [0.15, 0.2) is 0 Å².